The first-order valence-electron chi connectivity index (χ1n) is 5.36. The van der Waals surface area contributed by atoms with Crippen molar-refractivity contribution in [1.29, 1.82) is 0 Å². The van der Waals surface area contributed by atoms with Gasteiger partial charge in [0.25, 0.3) is 0 Å². The Balaban J connectivity index is 2.32. The van der Waals surface area contributed by atoms with Crippen molar-refractivity contribution in [2.75, 3.05) is 18.5 Å². The first-order valence-corrected chi connectivity index (χ1v) is 6.15. The number of rotatable bonds is 6. The Morgan fingerprint density at radius 2 is 2.19 bits per heavy atom. The fraction of sp³-hybridized carbons (Fsp3) is 0.417. The number of para-hydroxylation sites is 1. The molecule has 0 saturated carbocycles. The van der Waals surface area contributed by atoms with Gasteiger partial charge in [-0.2, -0.15) is 0 Å². The van der Waals surface area contributed by atoms with Gasteiger partial charge in [0, 0.05) is 24.1 Å². The fourth-order valence-electron chi connectivity index (χ4n) is 1.25. The second-order valence-electron chi connectivity index (χ2n) is 3.33. The molecule has 0 fully saturated rings. The van der Waals surface area contributed by atoms with Gasteiger partial charge in [-0.25, -0.2) is 0 Å². The van der Waals surface area contributed by atoms with Crippen LogP contribution in [0.1, 0.15) is 19.8 Å². The topological polar surface area (TPSA) is 38.3 Å². The molecule has 16 heavy (non-hydrogen) atoms. The number of hydrogen-bond donors (Lipinski definition) is 1. The average Bonchev–Trinajstić information content (AvgIpc) is 2.28. The Bertz CT molecular complexity index is 342. The molecule has 0 saturated heterocycles. The minimum absolute atomic E-state index is 0.0200. The van der Waals surface area contributed by atoms with Gasteiger partial charge in [0.15, 0.2) is 0 Å². The Kier molecular flexibility index (Phi) is 6.11. The third-order valence-corrected chi connectivity index (χ3v) is 2.74. The predicted octanol–water partition coefficient (Wildman–Crippen LogP) is 3.20. The molecule has 88 valence electrons. The van der Waals surface area contributed by atoms with Gasteiger partial charge in [0.05, 0.1) is 5.69 Å². The van der Waals surface area contributed by atoms with E-state index in [-0.39, 0.29) is 5.91 Å². The maximum atomic E-state index is 11.5. The predicted molar refractivity (Wildman–Crippen MR) is 68.5 cm³/mol. The van der Waals surface area contributed by atoms with Crippen LogP contribution in [-0.2, 0) is 9.53 Å². The lowest BCUT2D eigenvalue weighted by atomic mass is 10.3. The van der Waals surface area contributed by atoms with Crippen LogP contribution >= 0.6 is 15.9 Å². The summed E-state index contributed by atoms with van der Waals surface area (Å²) in [6.07, 6.45) is 1.24. The van der Waals surface area contributed by atoms with E-state index in [0.717, 1.165) is 16.6 Å². The van der Waals surface area contributed by atoms with Crippen LogP contribution < -0.4 is 5.32 Å². The molecule has 1 amide bonds. The van der Waals surface area contributed by atoms with Crippen LogP contribution in [0.25, 0.3) is 0 Å². The summed E-state index contributed by atoms with van der Waals surface area (Å²) in [7, 11) is 0. The summed E-state index contributed by atoms with van der Waals surface area (Å²) < 4.78 is 6.07. The maximum Gasteiger partial charge on any atom is 0.224 e. The highest BCUT2D eigenvalue weighted by Gasteiger charge is 2.04. The number of carbonyl (C=O) groups excluding carboxylic acids is 1. The molecule has 0 radical (unpaired) electrons. The lowest BCUT2D eigenvalue weighted by Crippen LogP contribution is -2.12. The molecule has 0 bridgehead atoms. The van der Waals surface area contributed by atoms with Gasteiger partial charge in [-0.15, -0.1) is 0 Å². The van der Waals surface area contributed by atoms with E-state index in [0.29, 0.717) is 19.6 Å². The van der Waals surface area contributed by atoms with Crippen molar-refractivity contribution in [1.82, 2.24) is 0 Å². The van der Waals surface area contributed by atoms with Crippen LogP contribution in [0.4, 0.5) is 5.69 Å². The lowest BCUT2D eigenvalue weighted by Gasteiger charge is -2.06. The SMILES string of the molecule is CCOCCCC(=O)Nc1ccccc1Br. The summed E-state index contributed by atoms with van der Waals surface area (Å²) in [5.41, 5.74) is 0.809. The van der Waals surface area contributed by atoms with E-state index in [9.17, 15) is 4.79 Å². The standard InChI is InChI=1S/C12H16BrNO2/c1-2-16-9-5-8-12(15)14-11-7-4-3-6-10(11)13/h3-4,6-7H,2,5,8-9H2,1H3,(H,14,15). The van der Waals surface area contributed by atoms with Crippen LogP contribution in [0, 0.1) is 0 Å². The third kappa shape index (κ3) is 4.77. The van der Waals surface area contributed by atoms with Crippen molar-refractivity contribution < 1.29 is 9.53 Å². The molecule has 1 aromatic rings. The molecule has 0 spiro atoms. The van der Waals surface area contributed by atoms with Gasteiger partial charge >= 0.3 is 0 Å². The van der Waals surface area contributed by atoms with Crippen molar-refractivity contribution in [2.24, 2.45) is 0 Å². The van der Waals surface area contributed by atoms with Crippen molar-refractivity contribution in [3.63, 3.8) is 0 Å². The highest BCUT2D eigenvalue weighted by molar-refractivity contribution is 9.10. The Morgan fingerprint density at radius 3 is 2.88 bits per heavy atom. The number of hydrogen-bond acceptors (Lipinski definition) is 2. The number of amides is 1. The zero-order valence-electron chi connectivity index (χ0n) is 9.33. The first-order chi connectivity index (χ1) is 7.74. The molecule has 0 unspecified atom stereocenters. The largest absolute Gasteiger partial charge is 0.382 e. The van der Waals surface area contributed by atoms with Gasteiger partial charge in [-0.05, 0) is 41.4 Å². The lowest BCUT2D eigenvalue weighted by molar-refractivity contribution is -0.116. The molecule has 0 aliphatic heterocycles. The van der Waals surface area contributed by atoms with Gasteiger partial charge in [-0.1, -0.05) is 12.1 Å². The van der Waals surface area contributed by atoms with Crippen LogP contribution in [0.15, 0.2) is 28.7 Å². The molecule has 3 nitrogen and oxygen atoms in total. The molecule has 1 aromatic carbocycles. The quantitative estimate of drug-likeness (QED) is 0.815. The molecular formula is C12H16BrNO2. The molecule has 1 rings (SSSR count). The summed E-state index contributed by atoms with van der Waals surface area (Å²) in [6, 6.07) is 7.57. The molecule has 0 aromatic heterocycles. The number of carbonyl (C=O) groups is 1. The normalized spacial score (nSPS) is 10.1. The molecule has 4 heteroatoms. The molecule has 0 atom stereocenters. The van der Waals surface area contributed by atoms with Crippen LogP contribution in [0.3, 0.4) is 0 Å². The van der Waals surface area contributed by atoms with E-state index >= 15 is 0 Å². The number of ether oxygens (including phenoxy) is 1. The second-order valence-corrected chi connectivity index (χ2v) is 4.18. The maximum absolute atomic E-state index is 11.5. The van der Waals surface area contributed by atoms with Crippen molar-refractivity contribution in [2.45, 2.75) is 19.8 Å². The smallest absolute Gasteiger partial charge is 0.224 e. The first kappa shape index (κ1) is 13.2. The number of benzene rings is 1. The minimum Gasteiger partial charge on any atom is -0.382 e. The van der Waals surface area contributed by atoms with Gasteiger partial charge in [0.1, 0.15) is 0 Å². The second kappa shape index (κ2) is 7.41. The van der Waals surface area contributed by atoms with Gasteiger partial charge in [-0.3, -0.25) is 4.79 Å². The summed E-state index contributed by atoms with van der Waals surface area (Å²) in [6.45, 7) is 3.28. The molecule has 0 aliphatic carbocycles. The fourth-order valence-corrected chi connectivity index (χ4v) is 1.64. The Hall–Kier alpha value is -0.870. The average molecular weight is 286 g/mol. The summed E-state index contributed by atoms with van der Waals surface area (Å²) in [5.74, 6) is 0.0200. The van der Waals surface area contributed by atoms with Crippen molar-refractivity contribution in [3.8, 4) is 0 Å². The van der Waals surface area contributed by atoms with Gasteiger partial charge in [0.2, 0.25) is 5.91 Å². The van der Waals surface area contributed by atoms with Crippen LogP contribution in [0.2, 0.25) is 0 Å². The van der Waals surface area contributed by atoms with E-state index in [1.165, 1.54) is 0 Å². The summed E-state index contributed by atoms with van der Waals surface area (Å²) >= 11 is 3.38. The number of anilines is 1. The highest BCUT2D eigenvalue weighted by atomic mass is 79.9. The van der Waals surface area contributed by atoms with Crippen molar-refractivity contribution in [3.05, 3.63) is 28.7 Å². The summed E-state index contributed by atoms with van der Waals surface area (Å²) in [5, 5.41) is 2.85. The number of nitrogens with one attached hydrogen (secondary N) is 1. The minimum atomic E-state index is 0.0200. The Morgan fingerprint density at radius 1 is 1.44 bits per heavy atom. The highest BCUT2D eigenvalue weighted by Crippen LogP contribution is 2.21. The molecule has 0 heterocycles. The van der Waals surface area contributed by atoms with E-state index in [2.05, 4.69) is 21.2 Å². The van der Waals surface area contributed by atoms with Crippen molar-refractivity contribution >= 4 is 27.5 Å². The van der Waals surface area contributed by atoms with E-state index in [4.69, 9.17) is 4.74 Å². The third-order valence-electron chi connectivity index (χ3n) is 2.04. The molecular weight excluding hydrogens is 270 g/mol. The monoisotopic (exact) mass is 285 g/mol. The molecule has 0 aliphatic rings. The van der Waals surface area contributed by atoms with E-state index < -0.39 is 0 Å². The molecule has 1 N–H and O–H groups in total. The summed E-state index contributed by atoms with van der Waals surface area (Å²) in [4.78, 5) is 11.5. The number of halogens is 1. The van der Waals surface area contributed by atoms with Gasteiger partial charge < -0.3 is 10.1 Å². The zero-order chi connectivity index (χ0) is 11.8. The van der Waals surface area contributed by atoms with E-state index in [1.54, 1.807) is 0 Å². The Labute approximate surface area is 104 Å². The van der Waals surface area contributed by atoms with E-state index in [1.807, 2.05) is 31.2 Å². The van der Waals surface area contributed by atoms with Crippen LogP contribution in [0.5, 0.6) is 0 Å². The van der Waals surface area contributed by atoms with Crippen LogP contribution in [-0.4, -0.2) is 19.1 Å². The zero-order valence-corrected chi connectivity index (χ0v) is 10.9.